The van der Waals surface area contributed by atoms with Gasteiger partial charge in [-0.25, -0.2) is 9.78 Å². The lowest BCUT2D eigenvalue weighted by molar-refractivity contribution is -0.137. The van der Waals surface area contributed by atoms with Crippen molar-refractivity contribution in [2.24, 2.45) is 0 Å². The number of hydrogen-bond donors (Lipinski definition) is 2. The molecule has 0 saturated heterocycles. The molecule has 0 spiro atoms. The number of carboxylic acid groups (broad SMARTS) is 1. The number of benzene rings is 1. The van der Waals surface area contributed by atoms with Crippen molar-refractivity contribution in [2.75, 3.05) is 0 Å². The Balaban J connectivity index is 2.05. The van der Waals surface area contributed by atoms with E-state index in [0.717, 1.165) is 23.5 Å². The van der Waals surface area contributed by atoms with Crippen molar-refractivity contribution in [1.82, 2.24) is 10.3 Å². The van der Waals surface area contributed by atoms with Gasteiger partial charge in [0.25, 0.3) is 0 Å². The van der Waals surface area contributed by atoms with Gasteiger partial charge in [0.05, 0.1) is 23.7 Å². The number of carbonyl (C=O) groups excluding carboxylic acids is 1. The lowest BCUT2D eigenvalue weighted by atomic mass is 10.1. The molecule has 0 radical (unpaired) electrons. The van der Waals surface area contributed by atoms with Gasteiger partial charge >= 0.3 is 12.1 Å². The van der Waals surface area contributed by atoms with E-state index in [0.29, 0.717) is 10.7 Å². The Morgan fingerprint density at radius 2 is 2.04 bits per heavy atom. The Kier molecular flexibility index (Phi) is 5.46. The average Bonchev–Trinajstić information content (AvgIpc) is 2.89. The molecule has 2 aromatic rings. The Morgan fingerprint density at radius 3 is 2.60 bits per heavy atom. The molecule has 1 heterocycles. The van der Waals surface area contributed by atoms with Crippen LogP contribution in [0.25, 0.3) is 0 Å². The minimum atomic E-state index is -4.47. The molecule has 1 aromatic carbocycles. The smallest absolute Gasteiger partial charge is 0.416 e. The third kappa shape index (κ3) is 4.79. The maximum Gasteiger partial charge on any atom is 0.416 e. The van der Waals surface area contributed by atoms with Crippen LogP contribution in [0.3, 0.4) is 0 Å². The van der Waals surface area contributed by atoms with Crippen LogP contribution in [0.1, 0.15) is 44.5 Å². The zero-order valence-corrected chi connectivity index (χ0v) is 14.2. The standard InChI is InChI=1S/C16H15F3N2O3S/c1-8-13(15(23)24)25-14(21-8)9(2)20-12(22)7-10-4-3-5-11(6-10)16(17,18)19/h3-6,9H,7H2,1-2H3,(H,20,22)(H,23,24). The Morgan fingerprint density at radius 1 is 1.36 bits per heavy atom. The van der Waals surface area contributed by atoms with E-state index >= 15 is 0 Å². The second kappa shape index (κ2) is 7.22. The number of carboxylic acids is 1. The Hall–Kier alpha value is -2.42. The molecule has 0 aliphatic carbocycles. The zero-order valence-electron chi connectivity index (χ0n) is 13.3. The molecule has 9 heteroatoms. The fraction of sp³-hybridized carbons (Fsp3) is 0.312. The minimum Gasteiger partial charge on any atom is -0.477 e. The summed E-state index contributed by atoms with van der Waals surface area (Å²) in [5.41, 5.74) is -0.222. The number of aromatic carboxylic acids is 1. The second-order valence-electron chi connectivity index (χ2n) is 5.44. The second-order valence-corrected chi connectivity index (χ2v) is 6.47. The summed E-state index contributed by atoms with van der Waals surface area (Å²) in [6.07, 6.45) is -4.68. The lowest BCUT2D eigenvalue weighted by Crippen LogP contribution is -2.28. The van der Waals surface area contributed by atoms with Crippen molar-refractivity contribution >= 4 is 23.2 Å². The van der Waals surface area contributed by atoms with Gasteiger partial charge in [0, 0.05) is 0 Å². The third-order valence-corrected chi connectivity index (χ3v) is 4.70. The first kappa shape index (κ1) is 18.9. The fourth-order valence-electron chi connectivity index (χ4n) is 2.20. The number of aromatic nitrogens is 1. The first-order valence-electron chi connectivity index (χ1n) is 7.24. The van der Waals surface area contributed by atoms with Gasteiger partial charge < -0.3 is 10.4 Å². The van der Waals surface area contributed by atoms with Crippen LogP contribution in [-0.4, -0.2) is 22.0 Å². The van der Waals surface area contributed by atoms with E-state index in [1.54, 1.807) is 13.8 Å². The van der Waals surface area contributed by atoms with E-state index < -0.39 is 29.7 Å². The van der Waals surface area contributed by atoms with Crippen LogP contribution < -0.4 is 5.32 Å². The Bertz CT molecular complexity index is 802. The normalized spacial score (nSPS) is 12.7. The van der Waals surface area contributed by atoms with Crippen LogP contribution in [0.5, 0.6) is 0 Å². The number of aryl methyl sites for hydroxylation is 1. The quantitative estimate of drug-likeness (QED) is 0.841. The molecule has 0 fully saturated rings. The molecule has 5 nitrogen and oxygen atoms in total. The minimum absolute atomic E-state index is 0.0916. The summed E-state index contributed by atoms with van der Waals surface area (Å²) in [7, 11) is 0. The van der Waals surface area contributed by atoms with E-state index in [1.807, 2.05) is 0 Å². The maximum absolute atomic E-state index is 12.7. The maximum atomic E-state index is 12.7. The van der Waals surface area contributed by atoms with E-state index in [1.165, 1.54) is 12.1 Å². The van der Waals surface area contributed by atoms with Gasteiger partial charge in [-0.15, -0.1) is 11.3 Å². The van der Waals surface area contributed by atoms with Gasteiger partial charge in [0.2, 0.25) is 5.91 Å². The molecule has 0 bridgehead atoms. The van der Waals surface area contributed by atoms with Crippen molar-refractivity contribution in [3.8, 4) is 0 Å². The number of nitrogens with one attached hydrogen (secondary N) is 1. The number of rotatable bonds is 5. The molecule has 1 atom stereocenters. The van der Waals surface area contributed by atoms with E-state index in [-0.39, 0.29) is 16.9 Å². The number of alkyl halides is 3. The van der Waals surface area contributed by atoms with Gasteiger partial charge in [-0.05, 0) is 25.5 Å². The highest BCUT2D eigenvalue weighted by atomic mass is 32.1. The van der Waals surface area contributed by atoms with Crippen LogP contribution in [0.4, 0.5) is 13.2 Å². The first-order chi connectivity index (χ1) is 11.6. The SMILES string of the molecule is Cc1nc(C(C)NC(=O)Cc2cccc(C(F)(F)F)c2)sc1C(=O)O. The van der Waals surface area contributed by atoms with E-state index in [9.17, 15) is 22.8 Å². The predicted octanol–water partition coefficient (Wildman–Crippen LogP) is 3.59. The van der Waals surface area contributed by atoms with Crippen molar-refractivity contribution < 1.29 is 27.9 Å². The molecule has 1 aromatic heterocycles. The zero-order chi connectivity index (χ0) is 18.8. The molecule has 0 aliphatic heterocycles. The summed E-state index contributed by atoms with van der Waals surface area (Å²) >= 11 is 0.956. The van der Waals surface area contributed by atoms with Crippen LogP contribution in [0.2, 0.25) is 0 Å². The summed E-state index contributed by atoms with van der Waals surface area (Å²) in [5, 5.41) is 12.1. The van der Waals surface area contributed by atoms with Crippen LogP contribution in [0, 0.1) is 6.92 Å². The number of nitrogens with zero attached hydrogens (tertiary/aromatic N) is 1. The average molecular weight is 372 g/mol. The molecule has 1 unspecified atom stereocenters. The summed E-state index contributed by atoms with van der Waals surface area (Å²) in [4.78, 5) is 27.3. The number of hydrogen-bond acceptors (Lipinski definition) is 4. The highest BCUT2D eigenvalue weighted by Crippen LogP contribution is 2.29. The van der Waals surface area contributed by atoms with Gasteiger partial charge in [-0.1, -0.05) is 18.2 Å². The van der Waals surface area contributed by atoms with Gasteiger partial charge in [0.15, 0.2) is 0 Å². The monoisotopic (exact) mass is 372 g/mol. The number of halogens is 3. The summed E-state index contributed by atoms with van der Waals surface area (Å²) in [6.45, 7) is 3.19. The number of carbonyl (C=O) groups is 2. The third-order valence-electron chi connectivity index (χ3n) is 3.37. The topological polar surface area (TPSA) is 79.3 Å². The predicted molar refractivity (Wildman–Crippen MR) is 85.5 cm³/mol. The van der Waals surface area contributed by atoms with Crippen LogP contribution in [0.15, 0.2) is 24.3 Å². The molecule has 0 saturated carbocycles. The summed E-state index contributed by atoms with van der Waals surface area (Å²) < 4.78 is 38.1. The summed E-state index contributed by atoms with van der Waals surface area (Å²) in [6, 6.07) is 4.01. The largest absolute Gasteiger partial charge is 0.477 e. The number of thiazole rings is 1. The van der Waals surface area contributed by atoms with Gasteiger partial charge in [-0.2, -0.15) is 13.2 Å². The van der Waals surface area contributed by atoms with Crippen LogP contribution >= 0.6 is 11.3 Å². The molecular weight excluding hydrogens is 357 g/mol. The number of amides is 1. The van der Waals surface area contributed by atoms with Crippen molar-refractivity contribution in [2.45, 2.75) is 32.5 Å². The molecule has 134 valence electrons. The van der Waals surface area contributed by atoms with Gasteiger partial charge in [0.1, 0.15) is 9.88 Å². The molecular formula is C16H15F3N2O3S. The molecule has 0 aliphatic rings. The lowest BCUT2D eigenvalue weighted by Gasteiger charge is -2.12. The highest BCUT2D eigenvalue weighted by Gasteiger charge is 2.30. The van der Waals surface area contributed by atoms with E-state index in [4.69, 9.17) is 5.11 Å². The van der Waals surface area contributed by atoms with E-state index in [2.05, 4.69) is 10.3 Å². The Labute approximate surface area is 145 Å². The first-order valence-corrected chi connectivity index (χ1v) is 8.05. The summed E-state index contributed by atoms with van der Waals surface area (Å²) in [5.74, 6) is -1.57. The van der Waals surface area contributed by atoms with Crippen molar-refractivity contribution in [1.29, 1.82) is 0 Å². The highest BCUT2D eigenvalue weighted by molar-refractivity contribution is 7.13. The molecule has 2 rings (SSSR count). The molecule has 1 amide bonds. The van der Waals surface area contributed by atoms with Crippen molar-refractivity contribution in [3.63, 3.8) is 0 Å². The van der Waals surface area contributed by atoms with Crippen molar-refractivity contribution in [3.05, 3.63) is 51.0 Å². The molecule has 2 N–H and O–H groups in total. The van der Waals surface area contributed by atoms with Crippen LogP contribution in [-0.2, 0) is 17.4 Å². The van der Waals surface area contributed by atoms with Gasteiger partial charge in [-0.3, -0.25) is 4.79 Å². The fourth-order valence-corrected chi connectivity index (χ4v) is 3.11. The molecule has 25 heavy (non-hydrogen) atoms.